The van der Waals surface area contributed by atoms with Crippen LogP contribution in [0.25, 0.3) is 32.8 Å². The Morgan fingerprint density at radius 3 is 1.76 bits per heavy atom. The standard InChI is InChI=1S/C33H40N4O/c1-2-3-4-5-6-7-8-9-10-11-12-25-32(38)33(37-31-24-18-15-21-28(31)34-35-37)36-29-22-16-13-19-26(29)27-20-14-17-23-30(27)36/h13-24,33H,2-12,25H2,1H3. The van der Waals surface area contributed by atoms with Gasteiger partial charge in [-0.25, -0.2) is 4.68 Å². The highest BCUT2D eigenvalue weighted by atomic mass is 16.1. The van der Waals surface area contributed by atoms with Crippen molar-refractivity contribution in [2.45, 2.75) is 90.1 Å². The van der Waals surface area contributed by atoms with E-state index < -0.39 is 6.17 Å². The van der Waals surface area contributed by atoms with Crippen LogP contribution >= 0.6 is 0 Å². The Labute approximate surface area is 225 Å². The molecule has 0 amide bonds. The highest BCUT2D eigenvalue weighted by Crippen LogP contribution is 2.34. The van der Waals surface area contributed by atoms with Gasteiger partial charge in [0.25, 0.3) is 0 Å². The second kappa shape index (κ2) is 12.9. The van der Waals surface area contributed by atoms with Gasteiger partial charge in [0.1, 0.15) is 5.52 Å². The molecule has 0 aliphatic heterocycles. The maximum atomic E-state index is 14.0. The molecule has 5 rings (SSSR count). The van der Waals surface area contributed by atoms with E-state index in [1.54, 1.807) is 0 Å². The van der Waals surface area contributed by atoms with Crippen molar-refractivity contribution >= 4 is 38.6 Å². The van der Waals surface area contributed by atoms with Crippen LogP contribution in [0.4, 0.5) is 0 Å². The fraction of sp³-hybridized carbons (Fsp3) is 0.424. The molecule has 0 saturated heterocycles. The van der Waals surface area contributed by atoms with Gasteiger partial charge >= 0.3 is 0 Å². The van der Waals surface area contributed by atoms with E-state index in [4.69, 9.17) is 0 Å². The Balaban J connectivity index is 1.33. The van der Waals surface area contributed by atoms with E-state index in [-0.39, 0.29) is 5.78 Å². The van der Waals surface area contributed by atoms with Crippen LogP contribution < -0.4 is 0 Å². The Bertz CT molecular complexity index is 1430. The zero-order valence-corrected chi connectivity index (χ0v) is 22.7. The highest BCUT2D eigenvalue weighted by molar-refractivity contribution is 6.09. The minimum atomic E-state index is -0.574. The summed E-state index contributed by atoms with van der Waals surface area (Å²) in [4.78, 5) is 14.0. The van der Waals surface area contributed by atoms with E-state index >= 15 is 0 Å². The first-order chi connectivity index (χ1) is 18.8. The van der Waals surface area contributed by atoms with E-state index in [2.05, 4.69) is 58.2 Å². The molecule has 0 spiro atoms. The first-order valence-electron chi connectivity index (χ1n) is 14.6. The molecule has 5 heteroatoms. The number of carbonyl (C=O) groups excluding carboxylic acids is 1. The van der Waals surface area contributed by atoms with E-state index in [0.717, 1.165) is 45.7 Å². The van der Waals surface area contributed by atoms with Gasteiger partial charge in [-0.2, -0.15) is 0 Å². The van der Waals surface area contributed by atoms with Gasteiger partial charge in [-0.1, -0.05) is 125 Å². The predicted octanol–water partition coefficient (Wildman–Crippen LogP) is 8.86. The minimum absolute atomic E-state index is 0.183. The summed E-state index contributed by atoms with van der Waals surface area (Å²) >= 11 is 0. The van der Waals surface area contributed by atoms with Gasteiger partial charge in [0, 0.05) is 17.2 Å². The second-order valence-corrected chi connectivity index (χ2v) is 10.6. The topological polar surface area (TPSA) is 52.7 Å². The lowest BCUT2D eigenvalue weighted by molar-refractivity contribution is -0.123. The van der Waals surface area contributed by atoms with Gasteiger partial charge in [-0.05, 0) is 30.7 Å². The third-order valence-corrected chi connectivity index (χ3v) is 7.79. The number of aromatic nitrogens is 4. The van der Waals surface area contributed by atoms with Crippen LogP contribution in [0.2, 0.25) is 0 Å². The van der Waals surface area contributed by atoms with Gasteiger partial charge < -0.3 is 4.57 Å². The second-order valence-electron chi connectivity index (χ2n) is 10.6. The molecular formula is C33H40N4O. The quantitative estimate of drug-likeness (QED) is 0.133. The molecule has 0 saturated carbocycles. The molecule has 5 aromatic rings. The lowest BCUT2D eigenvalue weighted by Crippen LogP contribution is -2.27. The van der Waals surface area contributed by atoms with Crippen molar-refractivity contribution in [2.75, 3.05) is 0 Å². The predicted molar refractivity (Wildman–Crippen MR) is 157 cm³/mol. The van der Waals surface area contributed by atoms with E-state index in [1.807, 2.05) is 41.1 Å². The number of carbonyl (C=O) groups is 1. The number of Topliss-reactive ketones (excluding diaryl/α,β-unsaturated/α-hetero) is 1. The molecule has 2 aromatic heterocycles. The van der Waals surface area contributed by atoms with Gasteiger partial charge in [-0.15, -0.1) is 5.10 Å². The average molecular weight is 509 g/mol. The molecule has 0 bridgehead atoms. The Morgan fingerprint density at radius 1 is 0.658 bits per heavy atom. The van der Waals surface area contributed by atoms with Crippen LogP contribution in [0.1, 0.15) is 90.1 Å². The molecule has 1 unspecified atom stereocenters. The van der Waals surface area contributed by atoms with Crippen molar-refractivity contribution in [1.82, 2.24) is 19.6 Å². The van der Waals surface area contributed by atoms with E-state index in [0.29, 0.717) is 6.42 Å². The maximum Gasteiger partial charge on any atom is 0.189 e. The van der Waals surface area contributed by atoms with Gasteiger partial charge in [0.15, 0.2) is 11.9 Å². The molecule has 1 atom stereocenters. The summed E-state index contributed by atoms with van der Waals surface area (Å²) < 4.78 is 4.00. The van der Waals surface area contributed by atoms with Crippen LogP contribution in [0, 0.1) is 0 Å². The number of para-hydroxylation sites is 3. The maximum absolute atomic E-state index is 14.0. The molecule has 5 nitrogen and oxygen atoms in total. The van der Waals surface area contributed by atoms with Crippen molar-refractivity contribution in [3.8, 4) is 0 Å². The zero-order valence-electron chi connectivity index (χ0n) is 22.7. The Hall–Kier alpha value is -3.47. The first-order valence-corrected chi connectivity index (χ1v) is 14.6. The Kier molecular flexibility index (Phi) is 8.85. The minimum Gasteiger partial charge on any atom is -0.311 e. The summed E-state index contributed by atoms with van der Waals surface area (Å²) in [6.45, 7) is 2.27. The summed E-state index contributed by atoms with van der Waals surface area (Å²) in [6, 6.07) is 24.6. The molecule has 0 fully saturated rings. The number of benzene rings is 3. The van der Waals surface area contributed by atoms with Gasteiger partial charge in [-0.3, -0.25) is 4.79 Å². The van der Waals surface area contributed by atoms with Crippen LogP contribution in [0.15, 0.2) is 72.8 Å². The lowest BCUT2D eigenvalue weighted by atomic mass is 10.0. The SMILES string of the molecule is CCCCCCCCCCCCCC(=O)C(n1nnc2ccccc21)n1c2ccccc2c2ccccc21. The molecular weight excluding hydrogens is 468 g/mol. The highest BCUT2D eigenvalue weighted by Gasteiger charge is 2.28. The van der Waals surface area contributed by atoms with Crippen LogP contribution in [-0.4, -0.2) is 25.3 Å². The van der Waals surface area contributed by atoms with Crippen molar-refractivity contribution in [1.29, 1.82) is 0 Å². The third kappa shape index (κ3) is 5.67. The summed E-state index contributed by atoms with van der Waals surface area (Å²) in [6.07, 6.45) is 13.9. The first kappa shape index (κ1) is 26.1. The van der Waals surface area contributed by atoms with Crippen molar-refractivity contribution in [2.24, 2.45) is 0 Å². The molecule has 0 radical (unpaired) electrons. The number of hydrogen-bond donors (Lipinski definition) is 0. The molecule has 2 heterocycles. The lowest BCUT2D eigenvalue weighted by Gasteiger charge is -2.21. The number of unbranched alkanes of at least 4 members (excludes halogenated alkanes) is 10. The largest absolute Gasteiger partial charge is 0.311 e. The molecule has 38 heavy (non-hydrogen) atoms. The normalized spacial score (nSPS) is 12.6. The number of hydrogen-bond acceptors (Lipinski definition) is 3. The fourth-order valence-electron chi connectivity index (χ4n) is 5.77. The monoisotopic (exact) mass is 508 g/mol. The Morgan fingerprint density at radius 2 is 1.16 bits per heavy atom. The van der Waals surface area contributed by atoms with Gasteiger partial charge in [0.2, 0.25) is 0 Å². The summed E-state index contributed by atoms with van der Waals surface area (Å²) in [5, 5.41) is 11.2. The van der Waals surface area contributed by atoms with Crippen molar-refractivity contribution in [3.63, 3.8) is 0 Å². The summed E-state index contributed by atoms with van der Waals surface area (Å²) in [5.41, 5.74) is 3.78. The summed E-state index contributed by atoms with van der Waals surface area (Å²) in [7, 11) is 0. The van der Waals surface area contributed by atoms with Crippen LogP contribution in [0.3, 0.4) is 0 Å². The van der Waals surface area contributed by atoms with Crippen LogP contribution in [-0.2, 0) is 4.79 Å². The number of rotatable bonds is 15. The third-order valence-electron chi connectivity index (χ3n) is 7.79. The number of ketones is 1. The van der Waals surface area contributed by atoms with Crippen LogP contribution in [0.5, 0.6) is 0 Å². The molecule has 3 aromatic carbocycles. The average Bonchev–Trinajstić information content (AvgIpc) is 3.52. The molecule has 0 aliphatic rings. The molecule has 0 aliphatic carbocycles. The molecule has 0 N–H and O–H groups in total. The van der Waals surface area contributed by atoms with Crippen molar-refractivity contribution < 1.29 is 4.79 Å². The number of fused-ring (bicyclic) bond motifs is 4. The van der Waals surface area contributed by atoms with Crippen molar-refractivity contribution in [3.05, 3.63) is 72.8 Å². The number of nitrogens with zero attached hydrogens (tertiary/aromatic N) is 4. The fourth-order valence-corrected chi connectivity index (χ4v) is 5.77. The smallest absolute Gasteiger partial charge is 0.189 e. The summed E-state index contributed by atoms with van der Waals surface area (Å²) in [5.74, 6) is 0.183. The zero-order chi connectivity index (χ0) is 26.2. The van der Waals surface area contributed by atoms with Gasteiger partial charge in [0.05, 0.1) is 16.6 Å². The van der Waals surface area contributed by atoms with E-state index in [1.165, 1.54) is 57.8 Å². The van der Waals surface area contributed by atoms with E-state index in [9.17, 15) is 4.79 Å². The molecule has 198 valence electrons.